The molecule has 0 aliphatic heterocycles. The Labute approximate surface area is 203 Å². The van der Waals surface area contributed by atoms with E-state index >= 15 is 0 Å². The van der Waals surface area contributed by atoms with Crippen molar-refractivity contribution in [1.82, 2.24) is 0 Å². The van der Waals surface area contributed by atoms with Crippen molar-refractivity contribution in [2.24, 2.45) is 0 Å². The van der Waals surface area contributed by atoms with Gasteiger partial charge in [-0.3, -0.25) is 0 Å². The smallest absolute Gasteiger partial charge is 0.139 e. The van der Waals surface area contributed by atoms with E-state index in [0.717, 1.165) is 47.9 Å². The summed E-state index contributed by atoms with van der Waals surface area (Å²) in [6, 6.07) is 18.0. The molecule has 3 aromatic rings. The first-order valence-electron chi connectivity index (χ1n) is 12.3. The molecule has 0 fully saturated rings. The third kappa shape index (κ3) is 7.90. The lowest BCUT2D eigenvalue weighted by atomic mass is 10.0. The zero-order chi connectivity index (χ0) is 24.2. The van der Waals surface area contributed by atoms with Gasteiger partial charge in [0.1, 0.15) is 11.6 Å². The molecule has 2 heteroatoms. The van der Waals surface area contributed by atoms with Crippen LogP contribution in [0.1, 0.15) is 85.8 Å². The minimum absolute atomic E-state index is 0.202. The van der Waals surface area contributed by atoms with E-state index in [1.54, 1.807) is 18.2 Å². The zero-order valence-electron chi connectivity index (χ0n) is 20.2. The molecule has 34 heavy (non-hydrogen) atoms. The van der Waals surface area contributed by atoms with Crippen LogP contribution in [0.4, 0.5) is 8.78 Å². The fourth-order valence-corrected chi connectivity index (χ4v) is 3.77. The molecule has 0 radical (unpaired) electrons. The van der Waals surface area contributed by atoms with E-state index in [2.05, 4.69) is 30.6 Å². The number of aryl methyl sites for hydroxylation is 2. The van der Waals surface area contributed by atoms with E-state index in [1.165, 1.54) is 31.7 Å². The molecule has 0 aliphatic carbocycles. The highest BCUT2D eigenvalue weighted by atomic mass is 19.1. The van der Waals surface area contributed by atoms with Crippen molar-refractivity contribution in [3.63, 3.8) is 0 Å². The summed E-state index contributed by atoms with van der Waals surface area (Å²) in [5, 5.41) is 0. The number of benzene rings is 3. The van der Waals surface area contributed by atoms with E-state index in [0.29, 0.717) is 11.1 Å². The van der Waals surface area contributed by atoms with Gasteiger partial charge in [0.05, 0.1) is 5.56 Å². The molecule has 0 saturated heterocycles. The predicted molar refractivity (Wildman–Crippen MR) is 138 cm³/mol. The molecule has 0 nitrogen and oxygen atoms in total. The summed E-state index contributed by atoms with van der Waals surface area (Å²) in [7, 11) is 0. The Morgan fingerprint density at radius 2 is 1.21 bits per heavy atom. The van der Waals surface area contributed by atoms with Crippen molar-refractivity contribution in [2.45, 2.75) is 65.2 Å². The Bertz CT molecular complexity index is 1200. The van der Waals surface area contributed by atoms with Crippen molar-refractivity contribution >= 4 is 0 Å². The standard InChI is InChI=1S/C32H32F2/c1-3-5-6-7-8-10-27-18-22-30(32(34)23-27)20-17-26-13-11-25(12-14-26)15-16-28-19-21-29(9-4-2)31(33)24-28/h11-14,18-19,21-24H,3-10H2,1-2H3. The quantitative estimate of drug-likeness (QED) is 0.237. The summed E-state index contributed by atoms with van der Waals surface area (Å²) in [6.45, 7) is 4.24. The first-order valence-corrected chi connectivity index (χ1v) is 12.3. The molecule has 0 bridgehead atoms. The van der Waals surface area contributed by atoms with Crippen LogP contribution in [0.3, 0.4) is 0 Å². The van der Waals surface area contributed by atoms with Crippen LogP contribution in [-0.2, 0) is 12.8 Å². The Kier molecular flexibility index (Phi) is 9.94. The lowest BCUT2D eigenvalue weighted by molar-refractivity contribution is 0.607. The van der Waals surface area contributed by atoms with Gasteiger partial charge in [-0.05, 0) is 78.9 Å². The Balaban J connectivity index is 1.60. The van der Waals surface area contributed by atoms with Gasteiger partial charge in [-0.2, -0.15) is 0 Å². The van der Waals surface area contributed by atoms with Gasteiger partial charge in [0, 0.05) is 16.7 Å². The van der Waals surface area contributed by atoms with Crippen LogP contribution in [-0.4, -0.2) is 0 Å². The van der Waals surface area contributed by atoms with Crippen LogP contribution in [0, 0.1) is 35.3 Å². The van der Waals surface area contributed by atoms with Gasteiger partial charge in [-0.25, -0.2) is 8.78 Å². The maximum Gasteiger partial charge on any atom is 0.139 e. The first-order chi connectivity index (χ1) is 16.6. The summed E-state index contributed by atoms with van der Waals surface area (Å²) >= 11 is 0. The summed E-state index contributed by atoms with van der Waals surface area (Å²) in [4.78, 5) is 0. The number of unbranched alkanes of at least 4 members (excludes halogenated alkanes) is 4. The molecule has 174 valence electrons. The van der Waals surface area contributed by atoms with Crippen molar-refractivity contribution in [3.8, 4) is 23.7 Å². The fraction of sp³-hybridized carbons (Fsp3) is 0.312. The second-order valence-electron chi connectivity index (χ2n) is 8.61. The zero-order valence-corrected chi connectivity index (χ0v) is 20.2. The van der Waals surface area contributed by atoms with Gasteiger partial charge in [-0.15, -0.1) is 0 Å². The lowest BCUT2D eigenvalue weighted by Crippen LogP contribution is -1.91. The molecule has 0 saturated carbocycles. The molecular formula is C32H32F2. The number of hydrogen-bond donors (Lipinski definition) is 0. The highest BCUT2D eigenvalue weighted by molar-refractivity contribution is 5.48. The monoisotopic (exact) mass is 454 g/mol. The van der Waals surface area contributed by atoms with Crippen LogP contribution in [0.15, 0.2) is 60.7 Å². The van der Waals surface area contributed by atoms with E-state index in [4.69, 9.17) is 0 Å². The summed E-state index contributed by atoms with van der Waals surface area (Å²) in [5.74, 6) is 11.6. The normalized spacial score (nSPS) is 10.2. The molecule has 3 aromatic carbocycles. The van der Waals surface area contributed by atoms with E-state index in [1.807, 2.05) is 43.3 Å². The van der Waals surface area contributed by atoms with Gasteiger partial charge < -0.3 is 0 Å². The lowest BCUT2D eigenvalue weighted by Gasteiger charge is -2.03. The van der Waals surface area contributed by atoms with Gasteiger partial charge >= 0.3 is 0 Å². The SMILES string of the molecule is CCCCCCCc1ccc(C#Cc2ccc(C#Cc3ccc(CCC)c(F)c3)cc2)c(F)c1. The van der Waals surface area contributed by atoms with E-state index in [-0.39, 0.29) is 11.6 Å². The van der Waals surface area contributed by atoms with Crippen LogP contribution >= 0.6 is 0 Å². The highest BCUT2D eigenvalue weighted by Crippen LogP contribution is 2.14. The van der Waals surface area contributed by atoms with Crippen molar-refractivity contribution in [2.75, 3.05) is 0 Å². The Morgan fingerprint density at radius 1 is 0.559 bits per heavy atom. The molecular weight excluding hydrogens is 422 g/mol. The molecule has 0 unspecified atom stereocenters. The summed E-state index contributed by atoms with van der Waals surface area (Å²) in [5.41, 5.74) is 4.43. The number of hydrogen-bond acceptors (Lipinski definition) is 0. The average Bonchev–Trinajstić information content (AvgIpc) is 2.84. The van der Waals surface area contributed by atoms with Gasteiger partial charge in [0.15, 0.2) is 0 Å². The molecule has 0 amide bonds. The molecule has 0 atom stereocenters. The van der Waals surface area contributed by atoms with E-state index < -0.39 is 0 Å². The molecule has 0 aromatic heterocycles. The fourth-order valence-electron chi connectivity index (χ4n) is 3.77. The van der Waals surface area contributed by atoms with Crippen LogP contribution in [0.2, 0.25) is 0 Å². The first kappa shape index (κ1) is 25.3. The second-order valence-corrected chi connectivity index (χ2v) is 8.61. The molecule has 0 spiro atoms. The summed E-state index contributed by atoms with van der Waals surface area (Å²) < 4.78 is 28.5. The van der Waals surface area contributed by atoms with Gasteiger partial charge in [-0.1, -0.05) is 81.8 Å². The minimum Gasteiger partial charge on any atom is -0.207 e. The maximum atomic E-state index is 14.5. The second kappa shape index (κ2) is 13.4. The molecule has 3 rings (SSSR count). The van der Waals surface area contributed by atoms with E-state index in [9.17, 15) is 8.78 Å². The van der Waals surface area contributed by atoms with Crippen molar-refractivity contribution < 1.29 is 8.78 Å². The van der Waals surface area contributed by atoms with Gasteiger partial charge in [0.2, 0.25) is 0 Å². The van der Waals surface area contributed by atoms with Crippen LogP contribution < -0.4 is 0 Å². The average molecular weight is 455 g/mol. The minimum atomic E-state index is -0.266. The van der Waals surface area contributed by atoms with Crippen LogP contribution in [0.5, 0.6) is 0 Å². The topological polar surface area (TPSA) is 0 Å². The predicted octanol–water partition coefficient (Wildman–Crippen LogP) is 8.23. The highest BCUT2D eigenvalue weighted by Gasteiger charge is 2.03. The third-order valence-corrected chi connectivity index (χ3v) is 5.75. The maximum absolute atomic E-state index is 14.5. The largest absolute Gasteiger partial charge is 0.207 e. The van der Waals surface area contributed by atoms with Crippen molar-refractivity contribution in [3.05, 3.63) is 106 Å². The Morgan fingerprint density at radius 3 is 1.85 bits per heavy atom. The summed E-state index contributed by atoms with van der Waals surface area (Å²) in [6.07, 6.45) is 8.59. The van der Waals surface area contributed by atoms with Crippen LogP contribution in [0.25, 0.3) is 0 Å². The van der Waals surface area contributed by atoms with Gasteiger partial charge in [0.25, 0.3) is 0 Å². The molecule has 0 aliphatic rings. The molecule has 0 N–H and O–H groups in total. The Hall–Kier alpha value is -3.36. The third-order valence-electron chi connectivity index (χ3n) is 5.75. The number of rotatable bonds is 8. The molecule has 0 heterocycles. The van der Waals surface area contributed by atoms with Crippen molar-refractivity contribution in [1.29, 1.82) is 0 Å². The number of halogens is 2.